The van der Waals surface area contributed by atoms with Crippen molar-refractivity contribution in [3.63, 3.8) is 0 Å². The molecule has 3 heterocycles. The van der Waals surface area contributed by atoms with E-state index in [2.05, 4.69) is 25.9 Å². The Morgan fingerprint density at radius 1 is 1.33 bits per heavy atom. The fourth-order valence-electron chi connectivity index (χ4n) is 3.05. The molecule has 9 nitrogen and oxygen atoms in total. The number of rotatable bonds is 5. The monoisotopic (exact) mass is 370 g/mol. The predicted octanol–water partition coefficient (Wildman–Crippen LogP) is 1.71. The highest BCUT2D eigenvalue weighted by atomic mass is 16.5. The first kappa shape index (κ1) is 17.3. The van der Waals surface area contributed by atoms with Crippen LogP contribution < -0.4 is 26.4 Å². The van der Waals surface area contributed by atoms with Gasteiger partial charge in [-0.15, -0.1) is 0 Å². The predicted molar refractivity (Wildman–Crippen MR) is 102 cm³/mol. The molecule has 0 spiro atoms. The Balaban J connectivity index is 1.56. The van der Waals surface area contributed by atoms with E-state index in [-0.39, 0.29) is 11.6 Å². The van der Waals surface area contributed by atoms with E-state index in [9.17, 15) is 4.79 Å². The Bertz CT molecular complexity index is 838. The molecule has 2 aliphatic rings. The number of benzene rings is 1. The fraction of sp³-hybridized carbons (Fsp3) is 0.389. The molecule has 1 atom stereocenters. The number of fused-ring (bicyclic) bond motifs is 1. The second kappa shape index (κ2) is 7.67. The second-order valence-electron chi connectivity index (χ2n) is 6.49. The van der Waals surface area contributed by atoms with Crippen molar-refractivity contribution < 1.29 is 14.3 Å². The molecule has 2 aromatic rings. The summed E-state index contributed by atoms with van der Waals surface area (Å²) in [5.74, 6) is 1.03. The first-order chi connectivity index (χ1) is 13.2. The van der Waals surface area contributed by atoms with Crippen LogP contribution in [0.2, 0.25) is 0 Å². The van der Waals surface area contributed by atoms with Gasteiger partial charge >= 0.3 is 0 Å². The lowest BCUT2D eigenvalue weighted by Gasteiger charge is -2.15. The van der Waals surface area contributed by atoms with E-state index in [0.717, 1.165) is 36.5 Å². The van der Waals surface area contributed by atoms with Crippen LogP contribution >= 0.6 is 0 Å². The molecule has 27 heavy (non-hydrogen) atoms. The van der Waals surface area contributed by atoms with E-state index < -0.39 is 5.91 Å². The average Bonchev–Trinajstić information content (AvgIpc) is 3.05. The molecule has 142 valence electrons. The van der Waals surface area contributed by atoms with E-state index in [1.165, 1.54) is 6.20 Å². The van der Waals surface area contributed by atoms with Gasteiger partial charge in [0, 0.05) is 25.0 Å². The summed E-state index contributed by atoms with van der Waals surface area (Å²) in [4.78, 5) is 20.3. The van der Waals surface area contributed by atoms with Crippen molar-refractivity contribution in [2.45, 2.75) is 18.9 Å². The molecule has 1 amide bonds. The quantitative estimate of drug-likeness (QED) is 0.627. The number of hydrogen-bond acceptors (Lipinski definition) is 8. The zero-order valence-corrected chi connectivity index (χ0v) is 14.8. The van der Waals surface area contributed by atoms with Crippen molar-refractivity contribution in [2.24, 2.45) is 5.73 Å². The van der Waals surface area contributed by atoms with E-state index in [1.54, 1.807) is 0 Å². The molecule has 1 aromatic carbocycles. The molecule has 0 bridgehead atoms. The van der Waals surface area contributed by atoms with Gasteiger partial charge < -0.3 is 31.2 Å². The average molecular weight is 370 g/mol. The van der Waals surface area contributed by atoms with Crippen molar-refractivity contribution >= 4 is 29.0 Å². The molecule has 1 fully saturated rings. The normalized spacial score (nSPS) is 18.6. The zero-order chi connectivity index (χ0) is 18.6. The third kappa shape index (κ3) is 4.03. The summed E-state index contributed by atoms with van der Waals surface area (Å²) in [6.45, 7) is 2.81. The van der Waals surface area contributed by atoms with Gasteiger partial charge in [-0.2, -0.15) is 4.98 Å². The Morgan fingerprint density at radius 2 is 2.26 bits per heavy atom. The van der Waals surface area contributed by atoms with E-state index in [0.29, 0.717) is 31.6 Å². The van der Waals surface area contributed by atoms with Gasteiger partial charge in [0.1, 0.15) is 11.6 Å². The van der Waals surface area contributed by atoms with Gasteiger partial charge in [-0.3, -0.25) is 4.79 Å². The largest absolute Gasteiger partial charge is 0.491 e. The second-order valence-corrected chi connectivity index (χ2v) is 6.49. The number of aromatic nitrogens is 2. The number of nitrogens with zero attached hydrogens (tertiary/aromatic N) is 2. The number of carbonyl (C=O) groups excluding carboxylic acids is 1. The number of ether oxygens (including phenoxy) is 2. The summed E-state index contributed by atoms with van der Waals surface area (Å²) < 4.78 is 11.1. The van der Waals surface area contributed by atoms with Crippen LogP contribution in [0.1, 0.15) is 23.2 Å². The highest BCUT2D eigenvalue weighted by Crippen LogP contribution is 2.31. The minimum atomic E-state index is -0.575. The molecular formula is C18H22N6O3. The number of nitrogens with two attached hydrogens (primary N) is 1. The SMILES string of the molecule is NC(=O)c1cnc(Nc2ccc3c(c2)NCCCO3)nc1NC1CCOC1. The lowest BCUT2D eigenvalue weighted by molar-refractivity contribution is 0.100. The van der Waals surface area contributed by atoms with Crippen molar-refractivity contribution in [1.29, 1.82) is 0 Å². The summed E-state index contributed by atoms with van der Waals surface area (Å²) in [5.41, 5.74) is 7.44. The summed E-state index contributed by atoms with van der Waals surface area (Å²) in [7, 11) is 0. The van der Waals surface area contributed by atoms with Gasteiger partial charge in [-0.25, -0.2) is 4.98 Å². The molecule has 1 saturated heterocycles. The lowest BCUT2D eigenvalue weighted by atomic mass is 10.2. The third-order valence-electron chi connectivity index (χ3n) is 4.45. The van der Waals surface area contributed by atoms with Crippen LogP contribution in [0.15, 0.2) is 24.4 Å². The summed E-state index contributed by atoms with van der Waals surface area (Å²) in [6.07, 6.45) is 3.23. The van der Waals surface area contributed by atoms with Crippen molar-refractivity contribution in [3.05, 3.63) is 30.0 Å². The molecule has 1 aromatic heterocycles. The maximum Gasteiger partial charge on any atom is 0.254 e. The van der Waals surface area contributed by atoms with Crippen molar-refractivity contribution in [2.75, 3.05) is 42.3 Å². The first-order valence-corrected chi connectivity index (χ1v) is 8.98. The topological polar surface area (TPSA) is 123 Å². The van der Waals surface area contributed by atoms with Crippen molar-refractivity contribution in [1.82, 2.24) is 9.97 Å². The highest BCUT2D eigenvalue weighted by molar-refractivity contribution is 5.97. The molecule has 9 heteroatoms. The molecule has 0 radical (unpaired) electrons. The summed E-state index contributed by atoms with van der Waals surface area (Å²) in [6, 6.07) is 5.85. The van der Waals surface area contributed by atoms with Gasteiger partial charge in [0.05, 0.1) is 30.5 Å². The molecule has 4 rings (SSSR count). The van der Waals surface area contributed by atoms with Gasteiger partial charge in [0.2, 0.25) is 5.95 Å². The van der Waals surface area contributed by atoms with Crippen LogP contribution in [0.5, 0.6) is 5.75 Å². The minimum absolute atomic E-state index is 0.0969. The zero-order valence-electron chi connectivity index (χ0n) is 14.8. The maximum absolute atomic E-state index is 11.7. The van der Waals surface area contributed by atoms with Crippen LogP contribution in [-0.2, 0) is 4.74 Å². The Morgan fingerprint density at radius 3 is 3.07 bits per heavy atom. The number of nitrogens with one attached hydrogen (secondary N) is 3. The maximum atomic E-state index is 11.7. The number of amides is 1. The van der Waals surface area contributed by atoms with Crippen LogP contribution in [0.4, 0.5) is 23.1 Å². The van der Waals surface area contributed by atoms with Gasteiger partial charge in [-0.05, 0) is 31.0 Å². The Labute approximate surface area is 156 Å². The van der Waals surface area contributed by atoms with Gasteiger partial charge in [-0.1, -0.05) is 0 Å². The highest BCUT2D eigenvalue weighted by Gasteiger charge is 2.20. The minimum Gasteiger partial charge on any atom is -0.491 e. The van der Waals surface area contributed by atoms with E-state index >= 15 is 0 Å². The standard InChI is InChI=1S/C18H22N6O3/c19-16(25)13-9-21-18(24-17(13)22-12-4-7-26-10-12)23-11-2-3-15-14(8-11)20-5-1-6-27-15/h2-3,8-9,12,20H,1,4-7,10H2,(H2,19,25)(H2,21,22,23,24). The number of primary amides is 1. The number of carbonyl (C=O) groups is 1. The number of hydrogen-bond donors (Lipinski definition) is 4. The van der Waals surface area contributed by atoms with Crippen LogP contribution in [0.3, 0.4) is 0 Å². The molecule has 5 N–H and O–H groups in total. The Hall–Kier alpha value is -3.07. The number of anilines is 4. The fourth-order valence-corrected chi connectivity index (χ4v) is 3.05. The Kier molecular flexibility index (Phi) is 4.93. The van der Waals surface area contributed by atoms with Crippen LogP contribution in [0.25, 0.3) is 0 Å². The molecule has 1 unspecified atom stereocenters. The lowest BCUT2D eigenvalue weighted by Crippen LogP contribution is -2.24. The van der Waals surface area contributed by atoms with Crippen LogP contribution in [0, 0.1) is 0 Å². The summed E-state index contributed by atoms with van der Waals surface area (Å²) in [5, 5.41) is 9.73. The van der Waals surface area contributed by atoms with Gasteiger partial charge in [0.15, 0.2) is 0 Å². The third-order valence-corrected chi connectivity index (χ3v) is 4.45. The van der Waals surface area contributed by atoms with E-state index in [4.69, 9.17) is 15.2 Å². The molecular weight excluding hydrogens is 348 g/mol. The summed E-state index contributed by atoms with van der Waals surface area (Å²) >= 11 is 0. The molecule has 0 saturated carbocycles. The van der Waals surface area contributed by atoms with Gasteiger partial charge in [0.25, 0.3) is 5.91 Å². The molecule has 0 aliphatic carbocycles. The van der Waals surface area contributed by atoms with Crippen molar-refractivity contribution in [3.8, 4) is 5.75 Å². The smallest absolute Gasteiger partial charge is 0.254 e. The first-order valence-electron chi connectivity index (χ1n) is 8.98. The molecule has 2 aliphatic heterocycles. The van der Waals surface area contributed by atoms with Crippen LogP contribution in [-0.4, -0.2) is 48.3 Å². The van der Waals surface area contributed by atoms with E-state index in [1.807, 2.05) is 18.2 Å².